The second kappa shape index (κ2) is 5.35. The fourth-order valence-electron chi connectivity index (χ4n) is 3.99. The normalized spacial score (nSPS) is 20.2. The molecule has 0 saturated carbocycles. The van der Waals surface area contributed by atoms with Crippen molar-refractivity contribution in [3.63, 3.8) is 0 Å². The highest BCUT2D eigenvalue weighted by atomic mass is 14.2. The Bertz CT molecular complexity index is 877. The molecule has 0 amide bonds. The maximum Gasteiger partial charge on any atom is 0.0278 e. The molecule has 3 aromatic rings. The molecule has 24 heavy (non-hydrogen) atoms. The van der Waals surface area contributed by atoms with Gasteiger partial charge in [0.2, 0.25) is 0 Å². The second-order valence-corrected chi connectivity index (χ2v) is 6.60. The van der Waals surface area contributed by atoms with Crippen molar-refractivity contribution in [2.75, 3.05) is 0 Å². The lowest BCUT2D eigenvalue weighted by Gasteiger charge is -2.15. The number of benzene rings is 3. The summed E-state index contributed by atoms with van der Waals surface area (Å²) in [6.07, 6.45) is 9.10. The van der Waals surface area contributed by atoms with Crippen LogP contribution >= 0.6 is 0 Å². The number of allylic oxidation sites excluding steroid dienone is 2. The smallest absolute Gasteiger partial charge is 0.0278 e. The monoisotopic (exact) mass is 306 g/mol. The maximum atomic E-state index is 2.31. The fraction of sp³-hybridized carbons (Fsp3) is 0.0833. The molecule has 114 valence electrons. The van der Waals surface area contributed by atoms with Gasteiger partial charge in [0.15, 0.2) is 0 Å². The molecule has 0 heteroatoms. The van der Waals surface area contributed by atoms with E-state index < -0.39 is 0 Å². The van der Waals surface area contributed by atoms with Crippen molar-refractivity contribution in [3.8, 4) is 0 Å². The van der Waals surface area contributed by atoms with Crippen LogP contribution in [0.3, 0.4) is 0 Å². The molecule has 0 nitrogen and oxygen atoms in total. The van der Waals surface area contributed by atoms with Gasteiger partial charge in [0, 0.05) is 11.8 Å². The Hall–Kier alpha value is -2.86. The molecule has 0 spiro atoms. The SMILES string of the molecule is C1=CC(c2ccc(C3C=Cc4ccccc43)cc2)c2ccccc21. The molecule has 3 aromatic carbocycles. The number of fused-ring (bicyclic) bond motifs is 2. The Morgan fingerprint density at radius 2 is 0.875 bits per heavy atom. The highest BCUT2D eigenvalue weighted by molar-refractivity contribution is 5.67. The fourth-order valence-corrected chi connectivity index (χ4v) is 3.99. The molecular weight excluding hydrogens is 288 g/mol. The summed E-state index contributed by atoms with van der Waals surface area (Å²) in [5, 5.41) is 0. The number of hydrogen-bond donors (Lipinski definition) is 0. The molecule has 0 N–H and O–H groups in total. The molecule has 0 heterocycles. The molecule has 0 aliphatic heterocycles. The van der Waals surface area contributed by atoms with Crippen LogP contribution in [0.5, 0.6) is 0 Å². The predicted octanol–water partition coefficient (Wildman–Crippen LogP) is 6.00. The van der Waals surface area contributed by atoms with Crippen molar-refractivity contribution in [1.82, 2.24) is 0 Å². The van der Waals surface area contributed by atoms with Gasteiger partial charge in [-0.2, -0.15) is 0 Å². The first-order valence-electron chi connectivity index (χ1n) is 8.54. The zero-order valence-electron chi connectivity index (χ0n) is 13.4. The molecule has 0 saturated heterocycles. The van der Waals surface area contributed by atoms with Gasteiger partial charge in [-0.3, -0.25) is 0 Å². The van der Waals surface area contributed by atoms with E-state index in [-0.39, 0.29) is 0 Å². The van der Waals surface area contributed by atoms with Gasteiger partial charge >= 0.3 is 0 Å². The van der Waals surface area contributed by atoms with Crippen molar-refractivity contribution in [3.05, 3.63) is 118 Å². The van der Waals surface area contributed by atoms with E-state index in [1.54, 1.807) is 0 Å². The highest BCUT2D eigenvalue weighted by Crippen LogP contribution is 2.38. The summed E-state index contributed by atoms with van der Waals surface area (Å²) in [6.45, 7) is 0. The van der Waals surface area contributed by atoms with E-state index in [1.165, 1.54) is 33.4 Å². The minimum absolute atomic E-state index is 0.390. The predicted molar refractivity (Wildman–Crippen MR) is 101 cm³/mol. The van der Waals surface area contributed by atoms with E-state index in [9.17, 15) is 0 Å². The van der Waals surface area contributed by atoms with Crippen molar-refractivity contribution in [2.45, 2.75) is 11.8 Å². The van der Waals surface area contributed by atoms with Crippen LogP contribution in [0.25, 0.3) is 12.2 Å². The van der Waals surface area contributed by atoms with Crippen LogP contribution in [0.1, 0.15) is 45.2 Å². The van der Waals surface area contributed by atoms with E-state index in [2.05, 4.69) is 97.1 Å². The summed E-state index contributed by atoms with van der Waals surface area (Å²) >= 11 is 0. The molecule has 2 aliphatic carbocycles. The van der Waals surface area contributed by atoms with Crippen LogP contribution in [0, 0.1) is 0 Å². The largest absolute Gasteiger partial charge is 0.0720 e. The van der Waals surface area contributed by atoms with Crippen molar-refractivity contribution in [1.29, 1.82) is 0 Å². The molecule has 0 fully saturated rings. The van der Waals surface area contributed by atoms with E-state index in [4.69, 9.17) is 0 Å². The minimum atomic E-state index is 0.390. The molecule has 2 atom stereocenters. The van der Waals surface area contributed by atoms with Gasteiger partial charge in [-0.15, -0.1) is 0 Å². The topological polar surface area (TPSA) is 0 Å². The Kier molecular flexibility index (Phi) is 3.02. The summed E-state index contributed by atoms with van der Waals surface area (Å²) < 4.78 is 0. The molecule has 0 radical (unpaired) electrons. The van der Waals surface area contributed by atoms with Crippen molar-refractivity contribution < 1.29 is 0 Å². The minimum Gasteiger partial charge on any atom is -0.0720 e. The summed E-state index contributed by atoms with van der Waals surface area (Å²) in [7, 11) is 0. The summed E-state index contributed by atoms with van der Waals surface area (Å²) in [6, 6.07) is 26.5. The Morgan fingerprint density at radius 3 is 1.33 bits per heavy atom. The van der Waals surface area contributed by atoms with Gasteiger partial charge in [0.25, 0.3) is 0 Å². The van der Waals surface area contributed by atoms with Crippen LogP contribution in [-0.2, 0) is 0 Å². The van der Waals surface area contributed by atoms with E-state index in [0.29, 0.717) is 11.8 Å². The lowest BCUT2D eigenvalue weighted by molar-refractivity contribution is 1.02. The van der Waals surface area contributed by atoms with E-state index in [0.717, 1.165) is 0 Å². The Labute approximate surface area is 142 Å². The van der Waals surface area contributed by atoms with Gasteiger partial charge in [0.1, 0.15) is 0 Å². The molecule has 2 unspecified atom stereocenters. The summed E-state index contributed by atoms with van der Waals surface area (Å²) in [5.41, 5.74) is 8.26. The number of hydrogen-bond acceptors (Lipinski definition) is 0. The maximum absolute atomic E-state index is 2.31. The van der Waals surface area contributed by atoms with Crippen molar-refractivity contribution >= 4 is 12.2 Å². The zero-order valence-corrected chi connectivity index (χ0v) is 13.4. The first-order chi connectivity index (χ1) is 11.9. The average Bonchev–Trinajstić information content (AvgIpc) is 3.26. The van der Waals surface area contributed by atoms with Crippen LogP contribution in [0.4, 0.5) is 0 Å². The lowest BCUT2D eigenvalue weighted by atomic mass is 9.89. The Balaban J connectivity index is 1.47. The van der Waals surface area contributed by atoms with Gasteiger partial charge in [-0.05, 0) is 33.4 Å². The van der Waals surface area contributed by atoms with Crippen LogP contribution in [0.2, 0.25) is 0 Å². The summed E-state index contributed by atoms with van der Waals surface area (Å²) in [4.78, 5) is 0. The third kappa shape index (κ3) is 2.07. The zero-order chi connectivity index (χ0) is 15.9. The van der Waals surface area contributed by atoms with Crippen LogP contribution in [0.15, 0.2) is 84.9 Å². The second-order valence-electron chi connectivity index (χ2n) is 6.60. The Morgan fingerprint density at radius 1 is 0.458 bits per heavy atom. The molecule has 0 aromatic heterocycles. The first kappa shape index (κ1) is 13.6. The van der Waals surface area contributed by atoms with Gasteiger partial charge < -0.3 is 0 Å². The average molecular weight is 306 g/mol. The van der Waals surface area contributed by atoms with E-state index in [1.807, 2.05) is 0 Å². The quantitative estimate of drug-likeness (QED) is 0.544. The third-order valence-corrected chi connectivity index (χ3v) is 5.25. The molecular formula is C24H18. The van der Waals surface area contributed by atoms with Crippen LogP contribution in [-0.4, -0.2) is 0 Å². The van der Waals surface area contributed by atoms with E-state index >= 15 is 0 Å². The van der Waals surface area contributed by atoms with Gasteiger partial charge in [-0.1, -0.05) is 97.1 Å². The lowest BCUT2D eigenvalue weighted by Crippen LogP contribution is -1.99. The highest BCUT2D eigenvalue weighted by Gasteiger charge is 2.21. The van der Waals surface area contributed by atoms with Crippen LogP contribution < -0.4 is 0 Å². The standard InChI is InChI=1S/C24H18/c1-3-7-21-17(5-1)13-15-23(21)19-9-11-20(12-10-19)24-16-14-18-6-2-4-8-22(18)24/h1-16,23-24H. The molecule has 5 rings (SSSR count). The summed E-state index contributed by atoms with van der Waals surface area (Å²) in [5.74, 6) is 0.781. The van der Waals surface area contributed by atoms with Gasteiger partial charge in [0.05, 0.1) is 0 Å². The number of rotatable bonds is 2. The molecule has 2 aliphatic rings. The third-order valence-electron chi connectivity index (χ3n) is 5.25. The first-order valence-corrected chi connectivity index (χ1v) is 8.54. The van der Waals surface area contributed by atoms with Crippen molar-refractivity contribution in [2.24, 2.45) is 0 Å². The van der Waals surface area contributed by atoms with Gasteiger partial charge in [-0.25, -0.2) is 0 Å². The molecule has 0 bridgehead atoms.